The van der Waals surface area contributed by atoms with Crippen molar-refractivity contribution in [1.82, 2.24) is 0 Å². The lowest BCUT2D eigenvalue weighted by molar-refractivity contribution is 0.593. The molecular formula is C29H26F2. The van der Waals surface area contributed by atoms with Crippen molar-refractivity contribution in [3.8, 4) is 23.7 Å². The summed E-state index contributed by atoms with van der Waals surface area (Å²) in [6.07, 6.45) is 5.20. The lowest BCUT2D eigenvalue weighted by atomic mass is 10.0. The Bertz CT molecular complexity index is 1150. The molecule has 0 unspecified atom stereocenters. The van der Waals surface area contributed by atoms with Gasteiger partial charge in [-0.05, 0) is 67.8 Å². The van der Waals surface area contributed by atoms with E-state index in [1.54, 1.807) is 18.2 Å². The molecule has 31 heavy (non-hydrogen) atoms. The number of hydrogen-bond acceptors (Lipinski definition) is 0. The van der Waals surface area contributed by atoms with Crippen LogP contribution in [0.3, 0.4) is 0 Å². The lowest BCUT2D eigenvalue weighted by Gasteiger charge is -2.03. The van der Waals surface area contributed by atoms with E-state index >= 15 is 0 Å². The Balaban J connectivity index is 1.68. The van der Waals surface area contributed by atoms with Crippen LogP contribution in [0, 0.1) is 42.2 Å². The Morgan fingerprint density at radius 1 is 0.645 bits per heavy atom. The summed E-state index contributed by atoms with van der Waals surface area (Å²) in [6, 6.07) is 17.6. The fourth-order valence-corrected chi connectivity index (χ4v) is 3.19. The van der Waals surface area contributed by atoms with Gasteiger partial charge in [0.1, 0.15) is 11.6 Å². The molecule has 0 saturated heterocycles. The minimum absolute atomic E-state index is 0.226. The first-order valence-electron chi connectivity index (χ1n) is 10.7. The van der Waals surface area contributed by atoms with Crippen molar-refractivity contribution in [3.05, 3.63) is 106 Å². The van der Waals surface area contributed by atoms with Gasteiger partial charge in [-0.25, -0.2) is 8.78 Å². The molecule has 0 fully saturated rings. The fourth-order valence-electron chi connectivity index (χ4n) is 3.19. The molecule has 0 nitrogen and oxygen atoms in total. The fraction of sp³-hybridized carbons (Fsp3) is 0.241. The second kappa shape index (κ2) is 11.1. The Morgan fingerprint density at radius 3 is 1.90 bits per heavy atom. The van der Waals surface area contributed by atoms with E-state index in [9.17, 15) is 8.78 Å². The average Bonchev–Trinajstić information content (AvgIpc) is 2.77. The van der Waals surface area contributed by atoms with Gasteiger partial charge in [0.25, 0.3) is 0 Å². The van der Waals surface area contributed by atoms with Crippen LogP contribution < -0.4 is 0 Å². The first kappa shape index (κ1) is 22.3. The van der Waals surface area contributed by atoms with Crippen molar-refractivity contribution in [2.45, 2.75) is 46.0 Å². The smallest absolute Gasteiger partial charge is 0.140 e. The van der Waals surface area contributed by atoms with Gasteiger partial charge in [-0.1, -0.05) is 73.6 Å². The minimum Gasteiger partial charge on any atom is -0.207 e. The maximum Gasteiger partial charge on any atom is 0.140 e. The first-order valence-corrected chi connectivity index (χ1v) is 10.7. The van der Waals surface area contributed by atoms with Crippen LogP contribution in [0.1, 0.15) is 66.0 Å². The zero-order chi connectivity index (χ0) is 22.1. The van der Waals surface area contributed by atoms with Crippen LogP contribution in [-0.2, 0) is 6.42 Å². The number of rotatable bonds is 5. The molecule has 156 valence electrons. The lowest BCUT2D eigenvalue weighted by Crippen LogP contribution is -1.92. The van der Waals surface area contributed by atoms with E-state index in [-0.39, 0.29) is 5.82 Å². The summed E-state index contributed by atoms with van der Waals surface area (Å²) in [5.41, 5.74) is 4.15. The molecule has 0 aliphatic rings. The van der Waals surface area contributed by atoms with Crippen LogP contribution in [0.25, 0.3) is 0 Å². The van der Waals surface area contributed by atoms with Crippen LogP contribution >= 0.6 is 0 Å². The SMILES string of the molecule is CCCCCCc1ccc(C#Cc2ccc(C#Cc3ccc(C)cc3)c(F)c2)cc1F. The molecule has 0 bridgehead atoms. The number of benzene rings is 3. The standard InChI is InChI=1S/C29H26F2/c1-3-4-5-6-7-26-18-15-24(20-28(26)30)12-13-25-16-19-27(29(31)21-25)17-14-23-10-8-22(2)9-11-23/h8-11,15-16,18-21H,3-7H2,1-2H3. The predicted octanol–water partition coefficient (Wildman–Crippen LogP) is 7.20. The van der Waals surface area contributed by atoms with Crippen LogP contribution in [-0.4, -0.2) is 0 Å². The van der Waals surface area contributed by atoms with Gasteiger partial charge >= 0.3 is 0 Å². The highest BCUT2D eigenvalue weighted by molar-refractivity contribution is 5.49. The van der Waals surface area contributed by atoms with Crippen molar-refractivity contribution in [2.75, 3.05) is 0 Å². The molecule has 0 N–H and O–H groups in total. The van der Waals surface area contributed by atoms with Gasteiger partial charge in [-0.2, -0.15) is 0 Å². The average molecular weight is 413 g/mol. The molecule has 3 aromatic rings. The number of unbranched alkanes of at least 4 members (excludes halogenated alkanes) is 3. The zero-order valence-corrected chi connectivity index (χ0v) is 18.1. The largest absolute Gasteiger partial charge is 0.207 e. The van der Waals surface area contributed by atoms with Crippen molar-refractivity contribution in [3.63, 3.8) is 0 Å². The quantitative estimate of drug-likeness (QED) is 0.307. The molecule has 0 atom stereocenters. The van der Waals surface area contributed by atoms with Gasteiger partial charge < -0.3 is 0 Å². The highest BCUT2D eigenvalue weighted by atomic mass is 19.1. The van der Waals surface area contributed by atoms with Crippen LogP contribution in [0.4, 0.5) is 8.78 Å². The molecule has 0 aliphatic carbocycles. The summed E-state index contributed by atoms with van der Waals surface area (Å²) in [6.45, 7) is 4.17. The third-order valence-corrected chi connectivity index (χ3v) is 5.07. The summed E-state index contributed by atoms with van der Waals surface area (Å²) in [4.78, 5) is 0. The highest BCUT2D eigenvalue weighted by Crippen LogP contribution is 2.15. The van der Waals surface area contributed by atoms with Gasteiger partial charge in [-0.15, -0.1) is 0 Å². The summed E-state index contributed by atoms with van der Waals surface area (Å²) in [7, 11) is 0. The molecule has 3 aromatic carbocycles. The van der Waals surface area contributed by atoms with Crippen LogP contribution in [0.2, 0.25) is 0 Å². The van der Waals surface area contributed by atoms with Crippen molar-refractivity contribution >= 4 is 0 Å². The highest BCUT2D eigenvalue weighted by Gasteiger charge is 2.03. The minimum atomic E-state index is -0.417. The maximum atomic E-state index is 14.4. The molecule has 0 saturated carbocycles. The third-order valence-electron chi connectivity index (χ3n) is 5.07. The molecular weight excluding hydrogens is 386 g/mol. The number of hydrogen-bond donors (Lipinski definition) is 0. The predicted molar refractivity (Wildman–Crippen MR) is 124 cm³/mol. The van der Waals surface area contributed by atoms with Crippen LogP contribution in [0.15, 0.2) is 60.7 Å². The number of aryl methyl sites for hydroxylation is 2. The van der Waals surface area contributed by atoms with Gasteiger partial charge in [0.05, 0.1) is 5.56 Å². The normalized spacial score (nSPS) is 10.1. The van der Waals surface area contributed by atoms with Crippen molar-refractivity contribution in [1.29, 1.82) is 0 Å². The molecule has 0 radical (unpaired) electrons. The monoisotopic (exact) mass is 412 g/mol. The second-order valence-electron chi connectivity index (χ2n) is 7.68. The van der Waals surface area contributed by atoms with E-state index in [0.717, 1.165) is 42.4 Å². The Kier molecular flexibility index (Phi) is 8.03. The van der Waals surface area contributed by atoms with Gasteiger partial charge in [0, 0.05) is 16.7 Å². The van der Waals surface area contributed by atoms with Gasteiger partial charge in [0.15, 0.2) is 0 Å². The molecule has 0 amide bonds. The maximum absolute atomic E-state index is 14.4. The molecule has 2 heteroatoms. The zero-order valence-electron chi connectivity index (χ0n) is 18.1. The molecule has 0 aromatic heterocycles. The molecule has 0 spiro atoms. The number of halogens is 2. The topological polar surface area (TPSA) is 0 Å². The summed E-state index contributed by atoms with van der Waals surface area (Å²) in [5.74, 6) is 11.0. The van der Waals surface area contributed by atoms with E-state index in [1.807, 2.05) is 37.3 Å². The van der Waals surface area contributed by atoms with Crippen LogP contribution in [0.5, 0.6) is 0 Å². The summed E-state index contributed by atoms with van der Waals surface area (Å²) >= 11 is 0. The Morgan fingerprint density at radius 2 is 1.26 bits per heavy atom. The van der Waals surface area contributed by atoms with E-state index in [2.05, 4.69) is 30.6 Å². The molecule has 0 heterocycles. The summed E-state index contributed by atoms with van der Waals surface area (Å²) < 4.78 is 28.7. The molecule has 0 aliphatic heterocycles. The van der Waals surface area contributed by atoms with E-state index in [1.165, 1.54) is 18.6 Å². The summed E-state index contributed by atoms with van der Waals surface area (Å²) in [5, 5.41) is 0. The second-order valence-corrected chi connectivity index (χ2v) is 7.68. The van der Waals surface area contributed by atoms with E-state index < -0.39 is 5.82 Å². The van der Waals surface area contributed by atoms with E-state index in [4.69, 9.17) is 0 Å². The van der Waals surface area contributed by atoms with Gasteiger partial charge in [0.2, 0.25) is 0 Å². The Hall–Kier alpha value is -3.36. The van der Waals surface area contributed by atoms with Crippen molar-refractivity contribution < 1.29 is 8.78 Å². The Labute approximate surface area is 184 Å². The molecule has 3 rings (SSSR count). The van der Waals surface area contributed by atoms with E-state index in [0.29, 0.717) is 16.7 Å². The van der Waals surface area contributed by atoms with Crippen molar-refractivity contribution in [2.24, 2.45) is 0 Å². The van der Waals surface area contributed by atoms with Gasteiger partial charge in [-0.3, -0.25) is 0 Å². The third kappa shape index (κ3) is 6.84. The first-order chi connectivity index (χ1) is 15.0.